The second-order valence-electron chi connectivity index (χ2n) is 11.9. The number of benzene rings is 4. The summed E-state index contributed by atoms with van der Waals surface area (Å²) in [5, 5.41) is 26.0. The fourth-order valence-electron chi connectivity index (χ4n) is 5.92. The number of methoxy groups -OCH3 is 2. The summed E-state index contributed by atoms with van der Waals surface area (Å²) in [4.78, 5) is 0. The molecule has 0 saturated carbocycles. The van der Waals surface area contributed by atoms with Crippen molar-refractivity contribution in [3.05, 3.63) is 102 Å². The highest BCUT2D eigenvalue weighted by Gasteiger charge is 2.27. The van der Waals surface area contributed by atoms with Gasteiger partial charge in [-0.1, -0.05) is 54.6 Å². The number of fused-ring (bicyclic) bond motifs is 1. The van der Waals surface area contributed by atoms with Crippen molar-refractivity contribution >= 4 is 10.8 Å². The van der Waals surface area contributed by atoms with Crippen LogP contribution in [0.1, 0.15) is 35.6 Å². The minimum Gasteiger partial charge on any atom is -0.496 e. The Balaban J connectivity index is 1.06. The molecular weight excluding hydrogens is 598 g/mol. The lowest BCUT2D eigenvalue weighted by atomic mass is 9.97. The van der Waals surface area contributed by atoms with Crippen LogP contribution in [-0.4, -0.2) is 76.2 Å². The third kappa shape index (κ3) is 9.90. The monoisotopic (exact) mass is 645 g/mol. The Hall–Kier alpha value is -3.70. The number of para-hydroxylation sites is 1. The maximum atomic E-state index is 10.6. The summed E-state index contributed by atoms with van der Waals surface area (Å²) in [5.41, 5.74) is 2.86. The van der Waals surface area contributed by atoms with Gasteiger partial charge in [0.1, 0.15) is 29.5 Å². The van der Waals surface area contributed by atoms with E-state index >= 15 is 0 Å². The molecule has 252 valence electrons. The second-order valence-corrected chi connectivity index (χ2v) is 11.9. The number of rotatable bonds is 18. The predicted molar refractivity (Wildman–Crippen MR) is 181 cm³/mol. The van der Waals surface area contributed by atoms with Gasteiger partial charge in [0.15, 0.2) is 0 Å². The topological polar surface area (TPSA) is 108 Å². The van der Waals surface area contributed by atoms with Crippen LogP contribution in [0, 0.1) is 5.92 Å². The van der Waals surface area contributed by atoms with E-state index in [0.29, 0.717) is 33.0 Å². The van der Waals surface area contributed by atoms with Crippen molar-refractivity contribution in [1.29, 1.82) is 0 Å². The number of aliphatic hydroxyl groups excluding tert-OH is 2. The molecule has 1 fully saturated rings. The van der Waals surface area contributed by atoms with Crippen molar-refractivity contribution in [3.8, 4) is 17.2 Å². The molecule has 0 radical (unpaired) electrons. The summed E-state index contributed by atoms with van der Waals surface area (Å²) in [7, 11) is 3.35. The van der Waals surface area contributed by atoms with E-state index in [2.05, 4.69) is 23.5 Å². The van der Waals surface area contributed by atoms with Crippen molar-refractivity contribution in [2.24, 2.45) is 5.92 Å². The summed E-state index contributed by atoms with van der Waals surface area (Å²) in [6.45, 7) is 3.62. The first kappa shape index (κ1) is 34.6. The van der Waals surface area contributed by atoms with Crippen LogP contribution in [0.2, 0.25) is 0 Å². The van der Waals surface area contributed by atoms with Gasteiger partial charge in [-0.3, -0.25) is 0 Å². The Kier molecular flexibility index (Phi) is 13.3. The number of hydrogen-bond donors (Lipinski definition) is 3. The van der Waals surface area contributed by atoms with Gasteiger partial charge >= 0.3 is 0 Å². The highest BCUT2D eigenvalue weighted by Crippen LogP contribution is 2.29. The van der Waals surface area contributed by atoms with E-state index in [4.69, 9.17) is 28.4 Å². The van der Waals surface area contributed by atoms with Crippen LogP contribution in [-0.2, 0) is 27.4 Å². The molecule has 1 heterocycles. The maximum absolute atomic E-state index is 10.6. The minimum absolute atomic E-state index is 0.0269. The lowest BCUT2D eigenvalue weighted by Gasteiger charge is -2.32. The first-order valence-electron chi connectivity index (χ1n) is 16.3. The molecule has 1 saturated heterocycles. The molecule has 47 heavy (non-hydrogen) atoms. The average molecular weight is 646 g/mol. The van der Waals surface area contributed by atoms with Crippen molar-refractivity contribution in [2.75, 3.05) is 53.7 Å². The summed E-state index contributed by atoms with van der Waals surface area (Å²) in [6.07, 6.45) is -0.117. The Morgan fingerprint density at radius 3 is 2.45 bits per heavy atom. The van der Waals surface area contributed by atoms with Crippen molar-refractivity contribution in [3.63, 3.8) is 0 Å². The molecule has 4 atom stereocenters. The van der Waals surface area contributed by atoms with Gasteiger partial charge in [-0.15, -0.1) is 0 Å². The van der Waals surface area contributed by atoms with E-state index in [-0.39, 0.29) is 12.0 Å². The van der Waals surface area contributed by atoms with Gasteiger partial charge in [0.05, 0.1) is 60.0 Å². The predicted octanol–water partition coefficient (Wildman–Crippen LogP) is 5.45. The molecule has 2 unspecified atom stereocenters. The Morgan fingerprint density at radius 2 is 1.64 bits per heavy atom. The van der Waals surface area contributed by atoms with Gasteiger partial charge in [0.2, 0.25) is 0 Å². The number of nitrogens with one attached hydrogen (secondary N) is 1. The average Bonchev–Trinajstić information content (AvgIpc) is 3.12. The van der Waals surface area contributed by atoms with E-state index in [1.54, 1.807) is 14.2 Å². The third-order valence-electron chi connectivity index (χ3n) is 8.40. The quantitative estimate of drug-likeness (QED) is 0.122. The van der Waals surface area contributed by atoms with Crippen LogP contribution in [0.4, 0.5) is 0 Å². The fraction of sp³-hybridized carbons (Fsp3) is 0.421. The lowest BCUT2D eigenvalue weighted by Crippen LogP contribution is -2.42. The van der Waals surface area contributed by atoms with Gasteiger partial charge in [-0.25, -0.2) is 0 Å². The molecule has 9 heteroatoms. The summed E-state index contributed by atoms with van der Waals surface area (Å²) >= 11 is 0. The molecule has 0 aliphatic carbocycles. The van der Waals surface area contributed by atoms with Crippen LogP contribution < -0.4 is 19.5 Å². The highest BCUT2D eigenvalue weighted by molar-refractivity contribution is 5.89. The van der Waals surface area contributed by atoms with E-state index in [0.717, 1.165) is 70.6 Å². The first-order valence-corrected chi connectivity index (χ1v) is 16.3. The van der Waals surface area contributed by atoms with E-state index in [1.165, 1.54) is 0 Å². The summed E-state index contributed by atoms with van der Waals surface area (Å²) in [6, 6.07) is 27.6. The number of piperidine rings is 1. The zero-order chi connectivity index (χ0) is 32.8. The van der Waals surface area contributed by atoms with Crippen molar-refractivity contribution in [1.82, 2.24) is 5.32 Å². The van der Waals surface area contributed by atoms with E-state index in [9.17, 15) is 10.2 Å². The Labute approximate surface area is 277 Å². The normalized spacial score (nSPS) is 17.7. The molecule has 9 nitrogen and oxygen atoms in total. The van der Waals surface area contributed by atoms with E-state index < -0.39 is 18.8 Å². The van der Waals surface area contributed by atoms with Crippen LogP contribution >= 0.6 is 0 Å². The molecular formula is C38H47NO8. The molecule has 0 spiro atoms. The van der Waals surface area contributed by atoms with Gasteiger partial charge in [0, 0.05) is 30.5 Å². The molecule has 1 aliphatic rings. The van der Waals surface area contributed by atoms with Crippen LogP contribution in [0.3, 0.4) is 0 Å². The largest absolute Gasteiger partial charge is 0.496 e. The van der Waals surface area contributed by atoms with Crippen LogP contribution in [0.15, 0.2) is 84.9 Å². The summed E-state index contributed by atoms with van der Waals surface area (Å²) in [5.74, 6) is 2.58. The zero-order valence-electron chi connectivity index (χ0n) is 27.3. The fourth-order valence-corrected chi connectivity index (χ4v) is 5.92. The van der Waals surface area contributed by atoms with E-state index in [1.807, 2.05) is 66.7 Å². The number of ether oxygens (including phenoxy) is 6. The molecule has 0 aromatic heterocycles. The molecule has 4 aromatic carbocycles. The first-order chi connectivity index (χ1) is 23.1. The third-order valence-corrected chi connectivity index (χ3v) is 8.40. The minimum atomic E-state index is -1.05. The van der Waals surface area contributed by atoms with Crippen LogP contribution in [0.25, 0.3) is 10.8 Å². The molecule has 3 N–H and O–H groups in total. The van der Waals surface area contributed by atoms with Gasteiger partial charge in [-0.2, -0.15) is 0 Å². The highest BCUT2D eigenvalue weighted by atomic mass is 16.5. The molecule has 5 rings (SSSR count). The maximum Gasteiger partial charge on any atom is 0.127 e. The SMILES string of the molecule is COc1ccccc1COCCCOc1ccc([C@H](OCC2CNC[C@H](OCc3cc(OC)c4ccccc4c3)C2)C(O)CO)cc1. The smallest absolute Gasteiger partial charge is 0.127 e. The Morgan fingerprint density at radius 1 is 0.851 bits per heavy atom. The molecule has 0 amide bonds. The Bertz CT molecular complexity index is 1510. The van der Waals surface area contributed by atoms with Crippen molar-refractivity contribution in [2.45, 2.75) is 44.4 Å². The van der Waals surface area contributed by atoms with Crippen LogP contribution in [0.5, 0.6) is 17.2 Å². The number of hydrogen-bond acceptors (Lipinski definition) is 9. The summed E-state index contributed by atoms with van der Waals surface area (Å²) < 4.78 is 35.2. The van der Waals surface area contributed by atoms with Gasteiger partial charge in [-0.05, 0) is 59.2 Å². The number of aliphatic hydroxyl groups is 2. The molecule has 1 aliphatic heterocycles. The van der Waals surface area contributed by atoms with Gasteiger partial charge < -0.3 is 44.0 Å². The van der Waals surface area contributed by atoms with Crippen molar-refractivity contribution < 1.29 is 38.6 Å². The standard InChI is InChI=1S/C38H47NO8/c1-42-36-11-6-4-9-31(36)26-44-16-7-17-45-32-14-12-29(13-15-32)38(35(41)23-40)47-25-28-19-33(22-39-21-28)46-24-27-18-30-8-3-5-10-34(30)37(20-27)43-2/h3-6,8-15,18,20,28,33,35,38-41H,7,16-17,19,21-26H2,1-2H3/t28?,33-,35?,38+/m1/s1. The zero-order valence-corrected chi connectivity index (χ0v) is 27.3. The molecule has 4 aromatic rings. The second kappa shape index (κ2) is 18.0. The lowest BCUT2D eigenvalue weighted by molar-refractivity contribution is -0.0795. The molecule has 0 bridgehead atoms. The van der Waals surface area contributed by atoms with Gasteiger partial charge in [0.25, 0.3) is 0 Å².